The van der Waals surface area contributed by atoms with Crippen molar-refractivity contribution in [3.05, 3.63) is 23.3 Å². The number of carbonyl (C=O) groups excluding carboxylic acids is 1. The van der Waals surface area contributed by atoms with Crippen LogP contribution in [0, 0.1) is 6.92 Å². The van der Waals surface area contributed by atoms with E-state index in [1.807, 2.05) is 19.1 Å². The fourth-order valence-electron chi connectivity index (χ4n) is 1.67. The Morgan fingerprint density at radius 2 is 2.11 bits per heavy atom. The van der Waals surface area contributed by atoms with Crippen LogP contribution in [0.2, 0.25) is 0 Å². The van der Waals surface area contributed by atoms with Crippen LogP contribution in [0.1, 0.15) is 37.3 Å². The highest BCUT2D eigenvalue weighted by molar-refractivity contribution is 5.75. The third-order valence-electron chi connectivity index (χ3n) is 2.89. The Morgan fingerprint density at radius 3 is 2.67 bits per heavy atom. The topological polar surface area (TPSA) is 64.3 Å². The summed E-state index contributed by atoms with van der Waals surface area (Å²) in [5, 5.41) is 2.57. The first-order valence-electron chi connectivity index (χ1n) is 6.19. The molecule has 4 nitrogen and oxygen atoms in total. The molecule has 0 spiro atoms. The standard InChI is InChI=1S/C14H22N2O2/c1-9(2)11-8-12(15)10(3)7-13(11)18-6-5-14(17)16-4/h7-9H,5-6,15H2,1-4H3,(H,16,17). The van der Waals surface area contributed by atoms with Gasteiger partial charge in [-0.2, -0.15) is 0 Å². The van der Waals surface area contributed by atoms with E-state index < -0.39 is 0 Å². The van der Waals surface area contributed by atoms with E-state index in [0.717, 1.165) is 22.6 Å². The summed E-state index contributed by atoms with van der Waals surface area (Å²) in [4.78, 5) is 11.1. The smallest absolute Gasteiger partial charge is 0.223 e. The number of aryl methyl sites for hydroxylation is 1. The average molecular weight is 250 g/mol. The highest BCUT2D eigenvalue weighted by atomic mass is 16.5. The van der Waals surface area contributed by atoms with Gasteiger partial charge in [0.1, 0.15) is 5.75 Å². The maximum absolute atomic E-state index is 11.1. The molecule has 0 saturated heterocycles. The third-order valence-corrected chi connectivity index (χ3v) is 2.89. The number of amides is 1. The molecule has 0 radical (unpaired) electrons. The lowest BCUT2D eigenvalue weighted by molar-refractivity contribution is -0.121. The molecule has 0 heterocycles. The van der Waals surface area contributed by atoms with Crippen molar-refractivity contribution in [2.75, 3.05) is 19.4 Å². The molecule has 0 bridgehead atoms. The molecule has 18 heavy (non-hydrogen) atoms. The number of ether oxygens (including phenoxy) is 1. The Labute approximate surface area is 109 Å². The van der Waals surface area contributed by atoms with Crippen LogP contribution in [0.3, 0.4) is 0 Å². The number of nitrogens with one attached hydrogen (secondary N) is 1. The summed E-state index contributed by atoms with van der Waals surface area (Å²) in [7, 11) is 1.62. The molecule has 1 amide bonds. The predicted molar refractivity (Wildman–Crippen MR) is 73.9 cm³/mol. The van der Waals surface area contributed by atoms with Gasteiger partial charge in [0.05, 0.1) is 13.0 Å². The zero-order chi connectivity index (χ0) is 13.7. The average Bonchev–Trinajstić information content (AvgIpc) is 2.32. The molecule has 0 unspecified atom stereocenters. The van der Waals surface area contributed by atoms with Crippen molar-refractivity contribution in [3.8, 4) is 5.75 Å². The monoisotopic (exact) mass is 250 g/mol. The largest absolute Gasteiger partial charge is 0.493 e. The van der Waals surface area contributed by atoms with Crippen LogP contribution in [0.4, 0.5) is 5.69 Å². The van der Waals surface area contributed by atoms with Gasteiger partial charge < -0.3 is 15.8 Å². The predicted octanol–water partition coefficient (Wildman–Crippen LogP) is 2.22. The first-order valence-corrected chi connectivity index (χ1v) is 6.19. The van der Waals surface area contributed by atoms with E-state index in [9.17, 15) is 4.79 Å². The van der Waals surface area contributed by atoms with Crippen molar-refractivity contribution < 1.29 is 9.53 Å². The minimum atomic E-state index is -0.0201. The van der Waals surface area contributed by atoms with Crippen molar-refractivity contribution in [3.63, 3.8) is 0 Å². The Balaban J connectivity index is 2.80. The highest BCUT2D eigenvalue weighted by Gasteiger charge is 2.11. The SMILES string of the molecule is CNC(=O)CCOc1cc(C)c(N)cc1C(C)C. The van der Waals surface area contributed by atoms with E-state index in [4.69, 9.17) is 10.5 Å². The number of nitrogen functional groups attached to an aromatic ring is 1. The number of anilines is 1. The summed E-state index contributed by atoms with van der Waals surface area (Å²) < 4.78 is 5.69. The summed E-state index contributed by atoms with van der Waals surface area (Å²) in [5.74, 6) is 1.14. The zero-order valence-electron chi connectivity index (χ0n) is 11.5. The second kappa shape index (κ2) is 6.28. The maximum Gasteiger partial charge on any atom is 0.223 e. The molecule has 0 atom stereocenters. The van der Waals surface area contributed by atoms with Gasteiger partial charge in [0.2, 0.25) is 5.91 Å². The number of hydrogen-bond acceptors (Lipinski definition) is 3. The van der Waals surface area contributed by atoms with Gasteiger partial charge in [-0.15, -0.1) is 0 Å². The van der Waals surface area contributed by atoms with Gasteiger partial charge in [0.15, 0.2) is 0 Å². The first-order chi connectivity index (χ1) is 8.45. The van der Waals surface area contributed by atoms with E-state index >= 15 is 0 Å². The van der Waals surface area contributed by atoms with E-state index in [2.05, 4.69) is 19.2 Å². The van der Waals surface area contributed by atoms with Crippen molar-refractivity contribution in [2.45, 2.75) is 33.1 Å². The first kappa shape index (κ1) is 14.4. The van der Waals surface area contributed by atoms with Crippen LogP contribution in [0.15, 0.2) is 12.1 Å². The molecule has 0 aliphatic carbocycles. The Morgan fingerprint density at radius 1 is 1.44 bits per heavy atom. The Kier molecular flexibility index (Phi) is 5.01. The molecule has 0 aliphatic rings. The van der Waals surface area contributed by atoms with Crippen molar-refractivity contribution in [1.82, 2.24) is 5.32 Å². The molecule has 0 aliphatic heterocycles. The van der Waals surface area contributed by atoms with Gasteiger partial charge >= 0.3 is 0 Å². The fraction of sp³-hybridized carbons (Fsp3) is 0.500. The lowest BCUT2D eigenvalue weighted by Gasteiger charge is -2.16. The lowest BCUT2D eigenvalue weighted by atomic mass is 9.99. The Bertz CT molecular complexity index is 428. The Hall–Kier alpha value is -1.71. The molecule has 0 aromatic heterocycles. The van der Waals surface area contributed by atoms with Crippen LogP contribution in [-0.2, 0) is 4.79 Å². The van der Waals surface area contributed by atoms with Crippen molar-refractivity contribution in [2.24, 2.45) is 0 Å². The van der Waals surface area contributed by atoms with Gasteiger partial charge in [-0.25, -0.2) is 0 Å². The van der Waals surface area contributed by atoms with Crippen LogP contribution in [-0.4, -0.2) is 19.6 Å². The molecule has 4 heteroatoms. The van der Waals surface area contributed by atoms with E-state index in [0.29, 0.717) is 18.9 Å². The van der Waals surface area contributed by atoms with Gasteiger partial charge in [0, 0.05) is 12.7 Å². The summed E-state index contributed by atoms with van der Waals surface area (Å²) >= 11 is 0. The number of carbonyl (C=O) groups is 1. The van der Waals surface area contributed by atoms with Crippen LogP contribution in [0.5, 0.6) is 5.75 Å². The molecule has 3 N–H and O–H groups in total. The normalized spacial score (nSPS) is 10.5. The molecule has 1 aromatic carbocycles. The van der Waals surface area contributed by atoms with E-state index in [1.54, 1.807) is 7.05 Å². The van der Waals surface area contributed by atoms with Crippen LogP contribution < -0.4 is 15.8 Å². The molecular weight excluding hydrogens is 228 g/mol. The second-order valence-corrected chi connectivity index (χ2v) is 4.67. The molecule has 0 fully saturated rings. The summed E-state index contributed by atoms with van der Waals surface area (Å²) in [6.07, 6.45) is 0.359. The van der Waals surface area contributed by atoms with Crippen molar-refractivity contribution in [1.29, 1.82) is 0 Å². The number of rotatable bonds is 5. The lowest BCUT2D eigenvalue weighted by Crippen LogP contribution is -2.20. The second-order valence-electron chi connectivity index (χ2n) is 4.67. The number of nitrogens with two attached hydrogens (primary N) is 1. The van der Waals surface area contributed by atoms with Gasteiger partial charge in [0.25, 0.3) is 0 Å². The maximum atomic E-state index is 11.1. The highest BCUT2D eigenvalue weighted by Crippen LogP contribution is 2.30. The van der Waals surface area contributed by atoms with Gasteiger partial charge in [-0.3, -0.25) is 4.79 Å². The number of hydrogen-bond donors (Lipinski definition) is 2. The van der Waals surface area contributed by atoms with Crippen molar-refractivity contribution >= 4 is 11.6 Å². The van der Waals surface area contributed by atoms with Crippen LogP contribution >= 0.6 is 0 Å². The zero-order valence-corrected chi connectivity index (χ0v) is 11.5. The number of benzene rings is 1. The van der Waals surface area contributed by atoms with E-state index in [-0.39, 0.29) is 5.91 Å². The molecule has 100 valence electrons. The van der Waals surface area contributed by atoms with Gasteiger partial charge in [-0.1, -0.05) is 13.8 Å². The third kappa shape index (κ3) is 3.65. The minimum absolute atomic E-state index is 0.0201. The summed E-state index contributed by atoms with van der Waals surface area (Å²) in [6.45, 7) is 6.51. The minimum Gasteiger partial charge on any atom is -0.493 e. The molecule has 1 rings (SSSR count). The van der Waals surface area contributed by atoms with Gasteiger partial charge in [-0.05, 0) is 36.1 Å². The van der Waals surface area contributed by atoms with E-state index in [1.165, 1.54) is 0 Å². The fourth-order valence-corrected chi connectivity index (χ4v) is 1.67. The molecule has 0 saturated carbocycles. The molecular formula is C14H22N2O2. The quantitative estimate of drug-likeness (QED) is 0.787. The van der Waals surface area contributed by atoms with Crippen LogP contribution in [0.25, 0.3) is 0 Å². The molecule has 1 aromatic rings. The summed E-state index contributed by atoms with van der Waals surface area (Å²) in [6, 6.07) is 3.89. The summed E-state index contributed by atoms with van der Waals surface area (Å²) in [5.41, 5.74) is 8.75.